The maximum atomic E-state index is 13.3. The van der Waals surface area contributed by atoms with E-state index < -0.39 is 40.8 Å². The molecule has 0 aliphatic rings. The number of anilines is 1. The number of carboxylic acid groups (broad SMARTS) is 1. The van der Waals surface area contributed by atoms with Crippen LogP contribution >= 0.6 is 0 Å². The number of hydrogen-bond donors (Lipinski definition) is 2. The predicted molar refractivity (Wildman–Crippen MR) is 59.9 cm³/mol. The number of carbonyl (C=O) groups is 2. The highest BCUT2D eigenvalue weighted by atomic mass is 19.2. The first-order chi connectivity index (χ1) is 9.38. The van der Waals surface area contributed by atoms with Crippen LogP contribution in [-0.4, -0.2) is 17.0 Å². The number of carboxylic acids is 1. The molecule has 1 aromatic carbocycles. The molecule has 8 heteroatoms. The van der Waals surface area contributed by atoms with Crippen LogP contribution in [0.1, 0.15) is 20.9 Å². The summed E-state index contributed by atoms with van der Waals surface area (Å²) in [6.45, 7) is 0. The molecule has 104 valence electrons. The molecule has 0 radical (unpaired) electrons. The minimum absolute atomic E-state index is 0.291. The zero-order chi connectivity index (χ0) is 14.9. The Labute approximate surface area is 109 Å². The van der Waals surface area contributed by atoms with Gasteiger partial charge in [0, 0.05) is 18.2 Å². The van der Waals surface area contributed by atoms with Crippen LogP contribution in [-0.2, 0) is 0 Å². The Balaban J connectivity index is 2.25. The van der Waals surface area contributed by atoms with E-state index in [4.69, 9.17) is 5.11 Å². The van der Waals surface area contributed by atoms with Gasteiger partial charge in [-0.2, -0.15) is 0 Å². The van der Waals surface area contributed by atoms with Gasteiger partial charge in [-0.05, 0) is 0 Å². The lowest BCUT2D eigenvalue weighted by molar-refractivity contribution is 0.0696. The van der Waals surface area contributed by atoms with Crippen molar-refractivity contribution in [3.63, 3.8) is 0 Å². The van der Waals surface area contributed by atoms with Crippen molar-refractivity contribution in [3.05, 3.63) is 53.2 Å². The Kier molecular flexibility index (Phi) is 3.47. The van der Waals surface area contributed by atoms with Gasteiger partial charge in [0.2, 0.25) is 0 Å². The van der Waals surface area contributed by atoms with E-state index in [0.29, 0.717) is 12.1 Å². The zero-order valence-corrected chi connectivity index (χ0v) is 9.62. The molecule has 0 unspecified atom stereocenters. The summed E-state index contributed by atoms with van der Waals surface area (Å²) < 4.78 is 43.8. The summed E-state index contributed by atoms with van der Waals surface area (Å²) in [6, 6.07) is 1.79. The summed E-state index contributed by atoms with van der Waals surface area (Å²) in [5, 5.41) is 10.5. The molecule has 0 aliphatic heterocycles. The fourth-order valence-corrected chi connectivity index (χ4v) is 1.40. The van der Waals surface area contributed by atoms with Crippen molar-refractivity contribution in [1.29, 1.82) is 0 Å². The minimum Gasteiger partial charge on any atom is -0.478 e. The topological polar surface area (TPSA) is 79.5 Å². The van der Waals surface area contributed by atoms with Crippen molar-refractivity contribution >= 4 is 17.6 Å². The minimum atomic E-state index is -1.47. The first-order valence-corrected chi connectivity index (χ1v) is 5.16. The Morgan fingerprint density at radius 3 is 2.45 bits per heavy atom. The molecule has 20 heavy (non-hydrogen) atoms. The number of rotatable bonds is 3. The number of amides is 1. The summed E-state index contributed by atoms with van der Waals surface area (Å²) >= 11 is 0. The molecule has 0 spiro atoms. The molecule has 2 N–H and O–H groups in total. The average molecular weight is 285 g/mol. The molecular formula is C12H6F3NO4. The third kappa shape index (κ3) is 2.63. The quantitative estimate of drug-likeness (QED) is 0.850. The van der Waals surface area contributed by atoms with Gasteiger partial charge >= 0.3 is 5.97 Å². The average Bonchev–Trinajstić information content (AvgIpc) is 2.85. The van der Waals surface area contributed by atoms with Crippen molar-refractivity contribution in [1.82, 2.24) is 0 Å². The first kappa shape index (κ1) is 13.7. The molecule has 0 saturated heterocycles. The summed E-state index contributed by atoms with van der Waals surface area (Å²) in [7, 11) is 0. The van der Waals surface area contributed by atoms with Gasteiger partial charge in [0.05, 0.1) is 11.3 Å². The summed E-state index contributed by atoms with van der Waals surface area (Å²) in [5.74, 6) is -6.79. The van der Waals surface area contributed by atoms with E-state index in [-0.39, 0.29) is 5.56 Å². The Morgan fingerprint density at radius 2 is 1.85 bits per heavy atom. The summed E-state index contributed by atoms with van der Waals surface area (Å²) in [5.41, 5.74) is -1.01. The van der Waals surface area contributed by atoms with Gasteiger partial charge in [-0.25, -0.2) is 18.0 Å². The van der Waals surface area contributed by atoms with Gasteiger partial charge in [0.1, 0.15) is 12.1 Å². The van der Waals surface area contributed by atoms with Gasteiger partial charge in [0.15, 0.2) is 17.4 Å². The van der Waals surface area contributed by atoms with Gasteiger partial charge in [-0.1, -0.05) is 0 Å². The van der Waals surface area contributed by atoms with Crippen molar-refractivity contribution in [2.75, 3.05) is 5.32 Å². The predicted octanol–water partition coefficient (Wildman–Crippen LogP) is 2.65. The van der Waals surface area contributed by atoms with E-state index in [1.165, 1.54) is 0 Å². The van der Waals surface area contributed by atoms with Crippen LogP contribution in [0, 0.1) is 17.5 Å². The molecule has 0 aliphatic carbocycles. The lowest BCUT2D eigenvalue weighted by Crippen LogP contribution is -2.13. The van der Waals surface area contributed by atoms with Crippen LogP contribution in [0.25, 0.3) is 0 Å². The number of aromatic carboxylic acids is 1. The van der Waals surface area contributed by atoms with E-state index in [0.717, 1.165) is 12.3 Å². The Hall–Kier alpha value is -2.77. The number of halogens is 3. The largest absolute Gasteiger partial charge is 0.478 e. The number of carbonyl (C=O) groups excluding carboxylic acids is 1. The van der Waals surface area contributed by atoms with Crippen LogP contribution in [0.2, 0.25) is 0 Å². The van der Waals surface area contributed by atoms with Gasteiger partial charge in [-0.15, -0.1) is 0 Å². The maximum absolute atomic E-state index is 13.3. The molecule has 2 rings (SSSR count). The molecule has 1 heterocycles. The first-order valence-electron chi connectivity index (χ1n) is 5.16. The van der Waals surface area contributed by atoms with Gasteiger partial charge in [0.25, 0.3) is 5.91 Å². The molecule has 0 saturated carbocycles. The maximum Gasteiger partial charge on any atom is 0.338 e. The van der Waals surface area contributed by atoms with E-state index in [9.17, 15) is 22.8 Å². The van der Waals surface area contributed by atoms with Crippen LogP contribution in [0.15, 0.2) is 28.9 Å². The molecule has 0 fully saturated rings. The van der Waals surface area contributed by atoms with Crippen LogP contribution in [0.4, 0.5) is 18.9 Å². The second-order valence-corrected chi connectivity index (χ2v) is 3.71. The van der Waals surface area contributed by atoms with Crippen molar-refractivity contribution in [2.45, 2.75) is 0 Å². The SMILES string of the molecule is O=C(O)c1coc(C(=O)Nc2cc(F)cc(F)c2F)c1. The van der Waals surface area contributed by atoms with Gasteiger partial charge in [-0.3, -0.25) is 4.79 Å². The fourth-order valence-electron chi connectivity index (χ4n) is 1.40. The summed E-state index contributed by atoms with van der Waals surface area (Å²) in [6.07, 6.45) is 0.805. The molecule has 1 amide bonds. The molecule has 0 atom stereocenters. The van der Waals surface area contributed by atoms with Crippen molar-refractivity contribution in [3.8, 4) is 0 Å². The zero-order valence-electron chi connectivity index (χ0n) is 9.62. The number of hydrogen-bond acceptors (Lipinski definition) is 3. The summed E-state index contributed by atoms with van der Waals surface area (Å²) in [4.78, 5) is 22.2. The fraction of sp³-hybridized carbons (Fsp3) is 0. The molecule has 5 nitrogen and oxygen atoms in total. The molecule has 0 bridgehead atoms. The normalized spacial score (nSPS) is 10.3. The molecule has 2 aromatic rings. The van der Waals surface area contributed by atoms with E-state index >= 15 is 0 Å². The molecular weight excluding hydrogens is 279 g/mol. The van der Waals surface area contributed by atoms with Gasteiger partial charge < -0.3 is 14.8 Å². The van der Waals surface area contributed by atoms with E-state index in [1.54, 1.807) is 0 Å². The number of nitrogens with one attached hydrogen (secondary N) is 1. The highest BCUT2D eigenvalue weighted by Crippen LogP contribution is 2.20. The Morgan fingerprint density at radius 1 is 1.15 bits per heavy atom. The lowest BCUT2D eigenvalue weighted by atomic mass is 10.2. The second-order valence-electron chi connectivity index (χ2n) is 3.71. The van der Waals surface area contributed by atoms with Crippen molar-refractivity contribution < 1.29 is 32.3 Å². The van der Waals surface area contributed by atoms with Crippen LogP contribution in [0.5, 0.6) is 0 Å². The monoisotopic (exact) mass is 285 g/mol. The van der Waals surface area contributed by atoms with Crippen LogP contribution < -0.4 is 5.32 Å². The number of benzene rings is 1. The second kappa shape index (κ2) is 5.08. The number of furan rings is 1. The van der Waals surface area contributed by atoms with Crippen molar-refractivity contribution in [2.24, 2.45) is 0 Å². The molecule has 1 aromatic heterocycles. The smallest absolute Gasteiger partial charge is 0.338 e. The van der Waals surface area contributed by atoms with E-state index in [2.05, 4.69) is 4.42 Å². The Bertz CT molecular complexity index is 696. The third-order valence-electron chi connectivity index (χ3n) is 2.31. The van der Waals surface area contributed by atoms with E-state index in [1.807, 2.05) is 5.32 Å². The lowest BCUT2D eigenvalue weighted by Gasteiger charge is -2.05. The third-order valence-corrected chi connectivity index (χ3v) is 2.31. The van der Waals surface area contributed by atoms with Crippen LogP contribution in [0.3, 0.4) is 0 Å². The highest BCUT2D eigenvalue weighted by Gasteiger charge is 2.18. The standard InChI is InChI=1S/C12H6F3NO4/c13-6-2-7(14)10(15)8(3-6)16-11(17)9-1-5(4-20-9)12(18)19/h1-4H,(H,16,17)(H,18,19). The highest BCUT2D eigenvalue weighted by molar-refractivity contribution is 6.03.